The number of carbonyl (C=O) groups excluding carboxylic acids is 1. The number of carbonyl (C=O) groups is 2. The molecule has 0 radical (unpaired) electrons. The zero-order chi connectivity index (χ0) is 13.4. The molecule has 0 saturated carbocycles. The summed E-state index contributed by atoms with van der Waals surface area (Å²) in [6.07, 6.45) is 3.27. The quantitative estimate of drug-likeness (QED) is 0.667. The van der Waals surface area contributed by atoms with Gasteiger partial charge in [0.15, 0.2) is 0 Å². The maximum Gasteiger partial charge on any atom is 0.326 e. The Labute approximate surface area is 111 Å². The maximum atomic E-state index is 11.9. The molecule has 7 heteroatoms. The van der Waals surface area contributed by atoms with Crippen molar-refractivity contribution in [3.8, 4) is 0 Å². The van der Waals surface area contributed by atoms with Gasteiger partial charge in [-0.15, -0.1) is 0 Å². The van der Waals surface area contributed by atoms with E-state index in [9.17, 15) is 9.59 Å². The molecule has 1 aliphatic heterocycles. The zero-order valence-corrected chi connectivity index (χ0v) is 11.5. The summed E-state index contributed by atoms with van der Waals surface area (Å²) >= 11 is 1.58. The lowest BCUT2D eigenvalue weighted by atomic mass is 10.2. The normalized spacial score (nSPS) is 17.9. The SMILES string of the molecule is CSCCC(NC(=O)N1CCCNCC1)C(=O)O. The van der Waals surface area contributed by atoms with Gasteiger partial charge in [-0.3, -0.25) is 0 Å². The summed E-state index contributed by atoms with van der Waals surface area (Å²) in [6, 6.07) is -1.06. The van der Waals surface area contributed by atoms with Crippen LogP contribution in [-0.4, -0.2) is 66.2 Å². The van der Waals surface area contributed by atoms with Gasteiger partial charge in [-0.25, -0.2) is 9.59 Å². The summed E-state index contributed by atoms with van der Waals surface area (Å²) in [5.74, 6) is -0.246. The monoisotopic (exact) mass is 275 g/mol. The predicted octanol–water partition coefficient (Wildman–Crippen LogP) is 0.198. The molecule has 6 nitrogen and oxygen atoms in total. The van der Waals surface area contributed by atoms with E-state index >= 15 is 0 Å². The topological polar surface area (TPSA) is 81.7 Å². The van der Waals surface area contributed by atoms with E-state index in [2.05, 4.69) is 10.6 Å². The van der Waals surface area contributed by atoms with Gasteiger partial charge in [0.1, 0.15) is 6.04 Å². The molecular weight excluding hydrogens is 254 g/mol. The van der Waals surface area contributed by atoms with Gasteiger partial charge in [-0.05, 0) is 31.4 Å². The number of carboxylic acid groups (broad SMARTS) is 1. The molecule has 18 heavy (non-hydrogen) atoms. The minimum absolute atomic E-state index is 0.271. The number of nitrogens with zero attached hydrogens (tertiary/aromatic N) is 1. The van der Waals surface area contributed by atoms with Crippen LogP contribution >= 0.6 is 11.8 Å². The molecule has 0 aliphatic carbocycles. The van der Waals surface area contributed by atoms with Crippen LogP contribution in [0.5, 0.6) is 0 Å². The highest BCUT2D eigenvalue weighted by atomic mass is 32.2. The van der Waals surface area contributed by atoms with Gasteiger partial charge >= 0.3 is 12.0 Å². The molecule has 1 unspecified atom stereocenters. The van der Waals surface area contributed by atoms with Crippen LogP contribution in [0.25, 0.3) is 0 Å². The smallest absolute Gasteiger partial charge is 0.326 e. The fourth-order valence-corrected chi connectivity index (χ4v) is 2.25. The Morgan fingerprint density at radius 2 is 2.22 bits per heavy atom. The molecule has 104 valence electrons. The van der Waals surface area contributed by atoms with Crippen molar-refractivity contribution in [1.29, 1.82) is 0 Å². The third kappa shape index (κ3) is 5.14. The first kappa shape index (κ1) is 15.1. The van der Waals surface area contributed by atoms with E-state index in [4.69, 9.17) is 5.11 Å². The van der Waals surface area contributed by atoms with Gasteiger partial charge in [0, 0.05) is 19.6 Å². The van der Waals surface area contributed by atoms with E-state index in [1.165, 1.54) is 0 Å². The molecule has 3 N–H and O–H groups in total. The number of carboxylic acids is 1. The number of amides is 2. The largest absolute Gasteiger partial charge is 0.480 e. The summed E-state index contributed by atoms with van der Waals surface area (Å²) < 4.78 is 0. The van der Waals surface area contributed by atoms with Crippen LogP contribution in [0.15, 0.2) is 0 Å². The Bertz CT molecular complexity index is 281. The van der Waals surface area contributed by atoms with Crippen LogP contribution in [0.1, 0.15) is 12.8 Å². The van der Waals surface area contributed by atoms with Crippen LogP contribution in [-0.2, 0) is 4.79 Å². The maximum absolute atomic E-state index is 11.9. The molecule has 1 rings (SSSR count). The van der Waals surface area contributed by atoms with Gasteiger partial charge in [0.05, 0.1) is 0 Å². The van der Waals surface area contributed by atoms with Crippen molar-refractivity contribution in [3.63, 3.8) is 0 Å². The van der Waals surface area contributed by atoms with Gasteiger partial charge in [-0.2, -0.15) is 11.8 Å². The van der Waals surface area contributed by atoms with Crippen LogP contribution in [0.3, 0.4) is 0 Å². The van der Waals surface area contributed by atoms with Crippen molar-refractivity contribution in [1.82, 2.24) is 15.5 Å². The molecule has 0 spiro atoms. The van der Waals surface area contributed by atoms with E-state index in [1.807, 2.05) is 6.26 Å². The Hall–Kier alpha value is -0.950. The molecular formula is C11H21N3O3S. The van der Waals surface area contributed by atoms with Crippen molar-refractivity contribution < 1.29 is 14.7 Å². The lowest BCUT2D eigenvalue weighted by Gasteiger charge is -2.23. The van der Waals surface area contributed by atoms with Gasteiger partial charge < -0.3 is 20.6 Å². The first-order valence-corrected chi connectivity index (χ1v) is 7.52. The van der Waals surface area contributed by atoms with Crippen LogP contribution in [0.2, 0.25) is 0 Å². The summed E-state index contributed by atoms with van der Waals surface area (Å²) in [5.41, 5.74) is 0. The van der Waals surface area contributed by atoms with E-state index in [0.29, 0.717) is 19.5 Å². The molecule has 1 saturated heterocycles. The second-order valence-corrected chi connectivity index (χ2v) is 5.20. The first-order chi connectivity index (χ1) is 8.65. The molecule has 2 amide bonds. The highest BCUT2D eigenvalue weighted by molar-refractivity contribution is 7.98. The lowest BCUT2D eigenvalue weighted by molar-refractivity contribution is -0.139. The van der Waals surface area contributed by atoms with Crippen LogP contribution in [0, 0.1) is 0 Å². The number of urea groups is 1. The summed E-state index contributed by atoms with van der Waals surface area (Å²) in [7, 11) is 0. The second kappa shape index (κ2) is 8.20. The van der Waals surface area contributed by atoms with Crippen molar-refractivity contribution in [2.75, 3.05) is 38.2 Å². The molecule has 0 aromatic carbocycles. The van der Waals surface area contributed by atoms with Crippen molar-refractivity contribution in [3.05, 3.63) is 0 Å². The number of aliphatic carboxylic acids is 1. The predicted molar refractivity (Wildman–Crippen MR) is 72.0 cm³/mol. The Morgan fingerprint density at radius 3 is 2.89 bits per heavy atom. The third-order valence-corrected chi connectivity index (χ3v) is 3.48. The fraction of sp³-hybridized carbons (Fsp3) is 0.818. The highest BCUT2D eigenvalue weighted by Gasteiger charge is 2.23. The average molecular weight is 275 g/mol. The average Bonchev–Trinajstić information content (AvgIpc) is 2.62. The Balaban J connectivity index is 2.45. The summed E-state index contributed by atoms with van der Waals surface area (Å²) in [5, 5.41) is 14.8. The van der Waals surface area contributed by atoms with Crippen molar-refractivity contribution >= 4 is 23.8 Å². The molecule has 1 heterocycles. The standard InChI is InChI=1S/C11H21N3O3S/c1-18-8-3-9(10(15)16)13-11(17)14-6-2-4-12-5-7-14/h9,12H,2-8H2,1H3,(H,13,17)(H,15,16). The molecule has 0 aromatic rings. The van der Waals surface area contributed by atoms with Crippen molar-refractivity contribution in [2.45, 2.75) is 18.9 Å². The molecule has 1 atom stereocenters. The third-order valence-electron chi connectivity index (χ3n) is 2.83. The van der Waals surface area contributed by atoms with Crippen molar-refractivity contribution in [2.24, 2.45) is 0 Å². The Morgan fingerprint density at radius 1 is 1.44 bits per heavy atom. The lowest BCUT2D eigenvalue weighted by Crippen LogP contribution is -2.49. The number of hydrogen-bond donors (Lipinski definition) is 3. The van der Waals surface area contributed by atoms with Crippen LogP contribution in [0.4, 0.5) is 4.79 Å². The summed E-state index contributed by atoms with van der Waals surface area (Å²) in [6.45, 7) is 2.96. The molecule has 0 bridgehead atoms. The van der Waals surface area contributed by atoms with Gasteiger partial charge in [0.25, 0.3) is 0 Å². The highest BCUT2D eigenvalue weighted by Crippen LogP contribution is 2.03. The minimum Gasteiger partial charge on any atom is -0.480 e. The number of hydrogen-bond acceptors (Lipinski definition) is 4. The number of thioether (sulfide) groups is 1. The Kier molecular flexibility index (Phi) is 6.89. The summed E-state index contributed by atoms with van der Waals surface area (Å²) in [4.78, 5) is 24.7. The molecule has 1 fully saturated rings. The van der Waals surface area contributed by atoms with Crippen LogP contribution < -0.4 is 10.6 Å². The van der Waals surface area contributed by atoms with E-state index in [0.717, 1.165) is 25.3 Å². The minimum atomic E-state index is -0.967. The van der Waals surface area contributed by atoms with E-state index in [1.54, 1.807) is 16.7 Å². The zero-order valence-electron chi connectivity index (χ0n) is 10.6. The number of rotatable bonds is 5. The first-order valence-electron chi connectivity index (χ1n) is 6.13. The molecule has 0 aromatic heterocycles. The van der Waals surface area contributed by atoms with Gasteiger partial charge in [-0.1, -0.05) is 0 Å². The molecule has 1 aliphatic rings. The fourth-order valence-electron chi connectivity index (χ4n) is 1.78. The van der Waals surface area contributed by atoms with Gasteiger partial charge in [0.2, 0.25) is 0 Å². The number of nitrogens with one attached hydrogen (secondary N) is 2. The van der Waals surface area contributed by atoms with E-state index in [-0.39, 0.29) is 6.03 Å². The van der Waals surface area contributed by atoms with E-state index < -0.39 is 12.0 Å². The second-order valence-electron chi connectivity index (χ2n) is 4.21.